The number of furan rings is 1. The number of phenolic OH excluding ortho intramolecular Hbond substituents is 1. The minimum absolute atomic E-state index is 0.174. The van der Waals surface area contributed by atoms with E-state index in [1.54, 1.807) is 55.7 Å². The number of aromatic amines is 1. The highest BCUT2D eigenvalue weighted by Crippen LogP contribution is 2.17. The standard InChI is InChI=1S/C16H14N4O3/c1-10(11-4-6-12(21)7-5-11)17-20-16(22)14-9-13(18-19-14)15-3-2-8-23-15/h2-9,21H,1H3,(H,18,19)(H,20,22). The molecular weight excluding hydrogens is 296 g/mol. The number of hydrazone groups is 1. The van der Waals surface area contributed by atoms with Crippen LogP contribution in [0.3, 0.4) is 0 Å². The molecule has 116 valence electrons. The van der Waals surface area contributed by atoms with E-state index in [-0.39, 0.29) is 11.4 Å². The van der Waals surface area contributed by atoms with Crippen LogP contribution in [0.1, 0.15) is 23.0 Å². The topological polar surface area (TPSA) is 104 Å². The lowest BCUT2D eigenvalue weighted by molar-refractivity contribution is 0.0950. The average molecular weight is 310 g/mol. The SMILES string of the molecule is CC(=NNC(=O)c1cc(-c2ccco2)[nH]n1)c1ccc(O)cc1. The molecule has 7 heteroatoms. The smallest absolute Gasteiger partial charge is 0.291 e. The zero-order chi connectivity index (χ0) is 16.2. The molecule has 3 aromatic rings. The molecule has 0 saturated heterocycles. The monoisotopic (exact) mass is 310 g/mol. The van der Waals surface area contributed by atoms with Crippen molar-refractivity contribution in [3.05, 3.63) is 60.0 Å². The molecule has 7 nitrogen and oxygen atoms in total. The molecule has 1 aromatic carbocycles. The van der Waals surface area contributed by atoms with Crippen molar-refractivity contribution >= 4 is 11.6 Å². The van der Waals surface area contributed by atoms with Crippen LogP contribution in [0, 0.1) is 0 Å². The highest BCUT2D eigenvalue weighted by atomic mass is 16.3. The molecule has 0 spiro atoms. The highest BCUT2D eigenvalue weighted by molar-refractivity contribution is 6.00. The van der Waals surface area contributed by atoms with E-state index < -0.39 is 5.91 Å². The second-order valence-corrected chi connectivity index (χ2v) is 4.83. The van der Waals surface area contributed by atoms with E-state index in [4.69, 9.17) is 4.42 Å². The van der Waals surface area contributed by atoms with Crippen LogP contribution < -0.4 is 5.43 Å². The fourth-order valence-electron chi connectivity index (χ4n) is 1.96. The summed E-state index contributed by atoms with van der Waals surface area (Å²) in [6.45, 7) is 1.76. The van der Waals surface area contributed by atoms with Crippen LogP contribution in [0.2, 0.25) is 0 Å². The molecule has 0 bridgehead atoms. The molecule has 0 radical (unpaired) electrons. The van der Waals surface area contributed by atoms with Gasteiger partial charge in [-0.25, -0.2) is 5.43 Å². The largest absolute Gasteiger partial charge is 0.508 e. The Balaban J connectivity index is 1.69. The van der Waals surface area contributed by atoms with Crippen LogP contribution in [0.5, 0.6) is 5.75 Å². The summed E-state index contributed by atoms with van der Waals surface area (Å²) < 4.78 is 5.23. The normalized spacial score (nSPS) is 11.4. The Labute approximate surface area is 131 Å². The van der Waals surface area contributed by atoms with E-state index in [0.717, 1.165) is 5.56 Å². The van der Waals surface area contributed by atoms with Gasteiger partial charge in [-0.05, 0) is 48.9 Å². The van der Waals surface area contributed by atoms with Crippen molar-refractivity contribution in [2.45, 2.75) is 6.92 Å². The van der Waals surface area contributed by atoms with Gasteiger partial charge in [0.25, 0.3) is 5.91 Å². The van der Waals surface area contributed by atoms with Gasteiger partial charge in [0.2, 0.25) is 0 Å². The Morgan fingerprint density at radius 3 is 2.78 bits per heavy atom. The van der Waals surface area contributed by atoms with Crippen molar-refractivity contribution in [1.82, 2.24) is 15.6 Å². The van der Waals surface area contributed by atoms with Crippen molar-refractivity contribution in [3.8, 4) is 17.2 Å². The number of rotatable bonds is 4. The van der Waals surface area contributed by atoms with E-state index in [0.29, 0.717) is 17.2 Å². The molecule has 0 aliphatic heterocycles. The summed E-state index contributed by atoms with van der Waals surface area (Å²) in [5, 5.41) is 20.0. The van der Waals surface area contributed by atoms with E-state index in [1.165, 1.54) is 0 Å². The van der Waals surface area contributed by atoms with Gasteiger partial charge >= 0.3 is 0 Å². The molecular formula is C16H14N4O3. The van der Waals surface area contributed by atoms with E-state index in [2.05, 4.69) is 20.7 Å². The molecule has 0 atom stereocenters. The number of phenols is 1. The summed E-state index contributed by atoms with van der Waals surface area (Å²) >= 11 is 0. The number of nitrogens with zero attached hydrogens (tertiary/aromatic N) is 2. The average Bonchev–Trinajstić information content (AvgIpc) is 3.23. The van der Waals surface area contributed by atoms with Crippen LogP contribution >= 0.6 is 0 Å². The maximum atomic E-state index is 12.0. The molecule has 1 amide bonds. The first-order valence-corrected chi connectivity index (χ1v) is 6.87. The van der Waals surface area contributed by atoms with Crippen LogP contribution in [0.25, 0.3) is 11.5 Å². The quantitative estimate of drug-likeness (QED) is 0.509. The molecule has 0 aliphatic carbocycles. The van der Waals surface area contributed by atoms with Gasteiger partial charge in [-0.2, -0.15) is 10.2 Å². The number of amides is 1. The van der Waals surface area contributed by atoms with Crippen LogP contribution in [0.15, 0.2) is 58.2 Å². The summed E-state index contributed by atoms with van der Waals surface area (Å²) in [6, 6.07) is 11.6. The maximum Gasteiger partial charge on any atom is 0.291 e. The molecule has 0 unspecified atom stereocenters. The van der Waals surface area contributed by atoms with Gasteiger partial charge in [0.05, 0.1) is 12.0 Å². The van der Waals surface area contributed by atoms with Crippen LogP contribution in [-0.2, 0) is 0 Å². The molecule has 2 heterocycles. The Hall–Kier alpha value is -3.35. The lowest BCUT2D eigenvalue weighted by Crippen LogP contribution is -2.19. The Morgan fingerprint density at radius 2 is 2.09 bits per heavy atom. The number of hydrogen-bond acceptors (Lipinski definition) is 5. The van der Waals surface area contributed by atoms with Gasteiger partial charge in [0, 0.05) is 6.07 Å². The fraction of sp³-hybridized carbons (Fsp3) is 0.0625. The first-order chi connectivity index (χ1) is 11.1. The molecule has 3 rings (SSSR count). The Morgan fingerprint density at radius 1 is 1.30 bits per heavy atom. The third kappa shape index (κ3) is 3.29. The lowest BCUT2D eigenvalue weighted by atomic mass is 10.1. The minimum Gasteiger partial charge on any atom is -0.508 e. The summed E-state index contributed by atoms with van der Waals surface area (Å²) in [5.74, 6) is 0.338. The third-order valence-electron chi connectivity index (χ3n) is 3.21. The van der Waals surface area contributed by atoms with E-state index in [9.17, 15) is 9.90 Å². The fourth-order valence-corrected chi connectivity index (χ4v) is 1.96. The molecule has 3 N–H and O–H groups in total. The van der Waals surface area contributed by atoms with E-state index in [1.807, 2.05) is 0 Å². The number of aromatic hydroxyl groups is 1. The highest BCUT2D eigenvalue weighted by Gasteiger charge is 2.12. The number of nitrogens with one attached hydrogen (secondary N) is 2. The summed E-state index contributed by atoms with van der Waals surface area (Å²) in [6.07, 6.45) is 1.54. The van der Waals surface area contributed by atoms with E-state index >= 15 is 0 Å². The van der Waals surface area contributed by atoms with Gasteiger partial charge in [0.1, 0.15) is 11.4 Å². The number of benzene rings is 1. The summed E-state index contributed by atoms with van der Waals surface area (Å²) in [5.41, 5.74) is 4.67. The van der Waals surface area contributed by atoms with Crippen LogP contribution in [0.4, 0.5) is 0 Å². The second kappa shape index (κ2) is 6.18. The van der Waals surface area contributed by atoms with Gasteiger partial charge in [-0.1, -0.05) is 0 Å². The molecule has 0 aliphatic rings. The summed E-state index contributed by atoms with van der Waals surface area (Å²) in [7, 11) is 0. The number of carbonyl (C=O) groups excluding carboxylic acids is 1. The third-order valence-corrected chi connectivity index (χ3v) is 3.21. The zero-order valence-electron chi connectivity index (χ0n) is 12.3. The van der Waals surface area contributed by atoms with Crippen LogP contribution in [-0.4, -0.2) is 26.9 Å². The maximum absolute atomic E-state index is 12.0. The molecule has 2 aromatic heterocycles. The lowest BCUT2D eigenvalue weighted by Gasteiger charge is -2.01. The molecule has 0 fully saturated rings. The van der Waals surface area contributed by atoms with Gasteiger partial charge in [-0.3, -0.25) is 9.89 Å². The minimum atomic E-state index is -0.433. The Bertz CT molecular complexity index is 833. The number of aromatic nitrogens is 2. The van der Waals surface area contributed by atoms with Crippen molar-refractivity contribution in [3.63, 3.8) is 0 Å². The molecule has 23 heavy (non-hydrogen) atoms. The number of hydrogen-bond donors (Lipinski definition) is 3. The van der Waals surface area contributed by atoms with Gasteiger partial charge in [-0.15, -0.1) is 0 Å². The Kier molecular flexibility index (Phi) is 3.92. The summed E-state index contributed by atoms with van der Waals surface area (Å²) in [4.78, 5) is 12.0. The second-order valence-electron chi connectivity index (χ2n) is 4.83. The predicted octanol–water partition coefficient (Wildman–Crippen LogP) is 2.53. The first kappa shape index (κ1) is 14.6. The van der Waals surface area contributed by atoms with Crippen molar-refractivity contribution in [2.24, 2.45) is 5.10 Å². The van der Waals surface area contributed by atoms with Gasteiger partial charge < -0.3 is 9.52 Å². The van der Waals surface area contributed by atoms with Crippen molar-refractivity contribution in [2.75, 3.05) is 0 Å². The number of H-pyrrole nitrogens is 1. The number of carbonyl (C=O) groups is 1. The van der Waals surface area contributed by atoms with Crippen molar-refractivity contribution in [1.29, 1.82) is 0 Å². The van der Waals surface area contributed by atoms with Gasteiger partial charge in [0.15, 0.2) is 11.5 Å². The predicted molar refractivity (Wildman–Crippen MR) is 84.1 cm³/mol. The zero-order valence-corrected chi connectivity index (χ0v) is 12.3. The first-order valence-electron chi connectivity index (χ1n) is 6.87. The van der Waals surface area contributed by atoms with Crippen molar-refractivity contribution < 1.29 is 14.3 Å². The molecule has 0 saturated carbocycles.